The average Bonchev–Trinajstić information content (AvgIpc) is 2.77. The van der Waals surface area contributed by atoms with Crippen molar-refractivity contribution in [1.82, 2.24) is 4.98 Å². The van der Waals surface area contributed by atoms with Crippen LogP contribution in [0, 0.1) is 6.92 Å². The molecular formula is C14H17NO2S. The van der Waals surface area contributed by atoms with Crippen molar-refractivity contribution in [3.63, 3.8) is 0 Å². The van der Waals surface area contributed by atoms with Crippen LogP contribution in [0.4, 0.5) is 0 Å². The van der Waals surface area contributed by atoms with E-state index >= 15 is 0 Å². The number of aliphatic hydroxyl groups is 1. The van der Waals surface area contributed by atoms with E-state index in [4.69, 9.17) is 9.84 Å². The molecule has 1 N–H and O–H groups in total. The molecule has 2 rings (SSSR count). The summed E-state index contributed by atoms with van der Waals surface area (Å²) in [4.78, 5) is 4.50. The van der Waals surface area contributed by atoms with E-state index in [1.54, 1.807) is 18.4 Å². The minimum absolute atomic E-state index is 0.150. The lowest BCUT2D eigenvalue weighted by molar-refractivity contribution is 0.298. The highest BCUT2D eigenvalue weighted by atomic mass is 32.1. The van der Waals surface area contributed by atoms with Crippen molar-refractivity contribution in [2.45, 2.75) is 19.8 Å². The van der Waals surface area contributed by atoms with Gasteiger partial charge in [-0.25, -0.2) is 4.98 Å². The van der Waals surface area contributed by atoms with Gasteiger partial charge in [-0.1, -0.05) is 17.7 Å². The maximum absolute atomic E-state index is 8.88. The molecule has 0 amide bonds. The molecule has 0 radical (unpaired) electrons. The van der Waals surface area contributed by atoms with Crippen molar-refractivity contribution in [3.05, 3.63) is 45.4 Å². The second-order valence-corrected chi connectivity index (χ2v) is 5.14. The maximum atomic E-state index is 8.88. The molecule has 3 nitrogen and oxygen atoms in total. The summed E-state index contributed by atoms with van der Waals surface area (Å²) < 4.78 is 5.36. The van der Waals surface area contributed by atoms with Gasteiger partial charge in [-0.15, -0.1) is 11.3 Å². The molecule has 0 unspecified atom stereocenters. The van der Waals surface area contributed by atoms with Crippen molar-refractivity contribution in [2.75, 3.05) is 13.7 Å². The molecule has 1 aromatic carbocycles. The van der Waals surface area contributed by atoms with Crippen LogP contribution in [0.2, 0.25) is 0 Å². The van der Waals surface area contributed by atoms with Crippen molar-refractivity contribution >= 4 is 11.3 Å². The van der Waals surface area contributed by atoms with Crippen LogP contribution in [0.1, 0.15) is 21.8 Å². The Bertz CT molecular complexity index is 522. The number of thiazole rings is 1. The van der Waals surface area contributed by atoms with Crippen molar-refractivity contribution < 1.29 is 9.84 Å². The van der Waals surface area contributed by atoms with Crippen molar-refractivity contribution in [3.8, 4) is 5.75 Å². The number of hydrogen-bond acceptors (Lipinski definition) is 4. The first-order valence-electron chi connectivity index (χ1n) is 5.90. The molecular weight excluding hydrogens is 246 g/mol. The molecule has 1 heterocycles. The highest BCUT2D eigenvalue weighted by Gasteiger charge is 2.08. The van der Waals surface area contributed by atoms with Gasteiger partial charge in [0.25, 0.3) is 0 Å². The van der Waals surface area contributed by atoms with Crippen LogP contribution in [0.25, 0.3) is 0 Å². The summed E-state index contributed by atoms with van der Waals surface area (Å²) >= 11 is 1.63. The van der Waals surface area contributed by atoms with E-state index in [0.29, 0.717) is 6.42 Å². The van der Waals surface area contributed by atoms with E-state index in [0.717, 1.165) is 28.4 Å². The first kappa shape index (κ1) is 13.1. The summed E-state index contributed by atoms with van der Waals surface area (Å²) in [5, 5.41) is 11.9. The smallest absolute Gasteiger partial charge is 0.122 e. The summed E-state index contributed by atoms with van der Waals surface area (Å²) in [6.07, 6.45) is 1.41. The Kier molecular flexibility index (Phi) is 4.33. The van der Waals surface area contributed by atoms with Gasteiger partial charge in [0.05, 0.1) is 17.8 Å². The Morgan fingerprint density at radius 3 is 2.94 bits per heavy atom. The van der Waals surface area contributed by atoms with Crippen molar-refractivity contribution in [2.24, 2.45) is 0 Å². The molecule has 0 fully saturated rings. The summed E-state index contributed by atoms with van der Waals surface area (Å²) in [5.74, 6) is 0.902. The zero-order chi connectivity index (χ0) is 13.0. The number of nitrogens with zero attached hydrogens (tertiary/aromatic N) is 1. The number of aliphatic hydroxyl groups excluding tert-OH is 1. The van der Waals surface area contributed by atoms with Crippen LogP contribution in [0.15, 0.2) is 23.6 Å². The van der Waals surface area contributed by atoms with Gasteiger partial charge in [-0.3, -0.25) is 0 Å². The number of methoxy groups -OCH3 is 1. The predicted molar refractivity (Wildman–Crippen MR) is 73.4 cm³/mol. The molecule has 0 spiro atoms. The lowest BCUT2D eigenvalue weighted by Crippen LogP contribution is -1.95. The fourth-order valence-electron chi connectivity index (χ4n) is 1.87. The number of hydrogen-bond donors (Lipinski definition) is 1. The van der Waals surface area contributed by atoms with E-state index in [2.05, 4.69) is 18.0 Å². The third kappa shape index (κ3) is 3.09. The summed E-state index contributed by atoms with van der Waals surface area (Å²) in [6.45, 7) is 2.22. The number of ether oxygens (including phenoxy) is 1. The summed E-state index contributed by atoms with van der Waals surface area (Å²) in [6, 6.07) is 6.17. The number of benzene rings is 1. The second-order valence-electron chi connectivity index (χ2n) is 4.20. The van der Waals surface area contributed by atoms with Crippen LogP contribution < -0.4 is 4.74 Å². The number of aromatic nitrogens is 1. The molecule has 96 valence electrons. The molecule has 0 saturated carbocycles. The Morgan fingerprint density at radius 1 is 1.39 bits per heavy atom. The van der Waals surface area contributed by atoms with Crippen LogP contribution in [0.3, 0.4) is 0 Å². The van der Waals surface area contributed by atoms with E-state index < -0.39 is 0 Å². The minimum atomic E-state index is 0.150. The Hall–Kier alpha value is -1.39. The van der Waals surface area contributed by atoms with E-state index in [1.165, 1.54) is 5.56 Å². The van der Waals surface area contributed by atoms with Gasteiger partial charge in [0.15, 0.2) is 0 Å². The van der Waals surface area contributed by atoms with Crippen molar-refractivity contribution in [1.29, 1.82) is 0 Å². The van der Waals surface area contributed by atoms with Gasteiger partial charge in [-0.2, -0.15) is 0 Å². The Labute approximate surface area is 111 Å². The normalized spacial score (nSPS) is 10.6. The lowest BCUT2D eigenvalue weighted by Gasteiger charge is -2.07. The molecule has 0 aliphatic rings. The maximum Gasteiger partial charge on any atom is 0.122 e. The quantitative estimate of drug-likeness (QED) is 0.901. The topological polar surface area (TPSA) is 42.4 Å². The molecule has 0 bridgehead atoms. The highest BCUT2D eigenvalue weighted by molar-refractivity contribution is 7.09. The fraction of sp³-hybridized carbons (Fsp3) is 0.357. The first-order chi connectivity index (χ1) is 8.72. The molecule has 2 aromatic rings. The van der Waals surface area contributed by atoms with Gasteiger partial charge in [0, 0.05) is 30.4 Å². The minimum Gasteiger partial charge on any atom is -0.496 e. The second kappa shape index (κ2) is 5.98. The van der Waals surface area contributed by atoms with Crippen LogP contribution in [0.5, 0.6) is 5.75 Å². The first-order valence-corrected chi connectivity index (χ1v) is 6.78. The Balaban J connectivity index is 2.19. The molecule has 0 aliphatic carbocycles. The zero-order valence-corrected chi connectivity index (χ0v) is 11.5. The fourth-order valence-corrected chi connectivity index (χ4v) is 2.72. The molecule has 1 aromatic heterocycles. The predicted octanol–water partition coefficient (Wildman–Crippen LogP) is 2.59. The average molecular weight is 263 g/mol. The number of aryl methyl sites for hydroxylation is 1. The van der Waals surface area contributed by atoms with Gasteiger partial charge in [0.1, 0.15) is 5.75 Å². The van der Waals surface area contributed by atoms with Crippen LogP contribution >= 0.6 is 11.3 Å². The SMILES string of the molecule is COc1ccc(C)cc1Cc1nc(CCO)cs1. The van der Waals surface area contributed by atoms with Gasteiger partial charge < -0.3 is 9.84 Å². The molecule has 0 saturated heterocycles. The van der Waals surface area contributed by atoms with E-state index in [9.17, 15) is 0 Å². The van der Waals surface area contributed by atoms with Crippen LogP contribution in [-0.2, 0) is 12.8 Å². The lowest BCUT2D eigenvalue weighted by atomic mass is 10.1. The Morgan fingerprint density at radius 2 is 2.22 bits per heavy atom. The zero-order valence-electron chi connectivity index (χ0n) is 10.6. The molecule has 0 aliphatic heterocycles. The van der Waals surface area contributed by atoms with Gasteiger partial charge in [0.2, 0.25) is 0 Å². The standard InChI is InChI=1S/C14H17NO2S/c1-10-3-4-13(17-2)11(7-10)8-14-15-12(5-6-16)9-18-14/h3-4,7,9,16H,5-6,8H2,1-2H3. The molecule has 18 heavy (non-hydrogen) atoms. The molecule has 4 heteroatoms. The van der Waals surface area contributed by atoms with Crippen LogP contribution in [-0.4, -0.2) is 23.8 Å². The molecule has 0 atom stereocenters. The summed E-state index contributed by atoms with van der Waals surface area (Å²) in [5.41, 5.74) is 3.34. The monoisotopic (exact) mass is 263 g/mol. The van der Waals surface area contributed by atoms with E-state index in [1.807, 2.05) is 17.5 Å². The third-order valence-corrected chi connectivity index (χ3v) is 3.64. The van der Waals surface area contributed by atoms with Gasteiger partial charge in [-0.05, 0) is 13.0 Å². The van der Waals surface area contributed by atoms with E-state index in [-0.39, 0.29) is 6.61 Å². The highest BCUT2D eigenvalue weighted by Crippen LogP contribution is 2.24. The van der Waals surface area contributed by atoms with Gasteiger partial charge >= 0.3 is 0 Å². The summed E-state index contributed by atoms with van der Waals surface area (Å²) in [7, 11) is 1.69. The number of rotatable bonds is 5. The third-order valence-electron chi connectivity index (χ3n) is 2.74. The largest absolute Gasteiger partial charge is 0.496 e.